The van der Waals surface area contributed by atoms with E-state index < -0.39 is 0 Å². The van der Waals surface area contributed by atoms with Gasteiger partial charge in [-0.25, -0.2) is 4.39 Å². The Labute approximate surface area is 121 Å². The van der Waals surface area contributed by atoms with E-state index >= 15 is 0 Å². The van der Waals surface area contributed by atoms with Gasteiger partial charge < -0.3 is 11.1 Å². The Kier molecular flexibility index (Phi) is 6.45. The number of hydrogen-bond acceptors (Lipinski definition) is 2. The van der Waals surface area contributed by atoms with E-state index in [9.17, 15) is 9.18 Å². The SMILES string of the molecule is CC(C)C[C@H](CN)CC(=O)Nc1ccc(F)c(Br)c1. The summed E-state index contributed by atoms with van der Waals surface area (Å²) in [4.78, 5) is 11.9. The second-order valence-electron chi connectivity index (χ2n) is 5.11. The van der Waals surface area contributed by atoms with Crippen LogP contribution in [0.5, 0.6) is 0 Å². The smallest absolute Gasteiger partial charge is 0.224 e. The van der Waals surface area contributed by atoms with Gasteiger partial charge >= 0.3 is 0 Å². The topological polar surface area (TPSA) is 55.1 Å². The first kappa shape index (κ1) is 16.1. The van der Waals surface area contributed by atoms with E-state index in [0.29, 0.717) is 29.0 Å². The number of hydrogen-bond donors (Lipinski definition) is 2. The number of carbonyl (C=O) groups excluding carboxylic acids is 1. The molecule has 0 aromatic heterocycles. The van der Waals surface area contributed by atoms with E-state index in [2.05, 4.69) is 35.1 Å². The van der Waals surface area contributed by atoms with Gasteiger partial charge in [0.1, 0.15) is 5.82 Å². The molecule has 0 fully saturated rings. The molecule has 5 heteroatoms. The highest BCUT2D eigenvalue weighted by atomic mass is 79.9. The zero-order chi connectivity index (χ0) is 14.4. The molecular formula is C14H20BrFN2O. The van der Waals surface area contributed by atoms with Crippen LogP contribution in [0.1, 0.15) is 26.7 Å². The Bertz CT molecular complexity index is 437. The zero-order valence-corrected chi connectivity index (χ0v) is 12.8. The van der Waals surface area contributed by atoms with Gasteiger partial charge in [0, 0.05) is 12.1 Å². The average Bonchev–Trinajstić information content (AvgIpc) is 2.32. The quantitative estimate of drug-likeness (QED) is 0.838. The van der Waals surface area contributed by atoms with Crippen molar-refractivity contribution < 1.29 is 9.18 Å². The molecule has 0 aliphatic heterocycles. The van der Waals surface area contributed by atoms with Gasteiger partial charge in [0.05, 0.1) is 4.47 Å². The van der Waals surface area contributed by atoms with Crippen molar-refractivity contribution in [3.8, 4) is 0 Å². The molecule has 0 saturated carbocycles. The average molecular weight is 331 g/mol. The van der Waals surface area contributed by atoms with Crippen molar-refractivity contribution in [1.29, 1.82) is 0 Å². The van der Waals surface area contributed by atoms with E-state index in [-0.39, 0.29) is 17.6 Å². The van der Waals surface area contributed by atoms with Gasteiger partial charge in [0.2, 0.25) is 5.91 Å². The molecule has 0 unspecified atom stereocenters. The second kappa shape index (κ2) is 7.60. The summed E-state index contributed by atoms with van der Waals surface area (Å²) < 4.78 is 13.4. The minimum Gasteiger partial charge on any atom is -0.330 e. The van der Waals surface area contributed by atoms with E-state index in [1.165, 1.54) is 12.1 Å². The van der Waals surface area contributed by atoms with Crippen LogP contribution in [-0.4, -0.2) is 12.5 Å². The molecule has 1 aromatic rings. The van der Waals surface area contributed by atoms with Crippen LogP contribution in [0.15, 0.2) is 22.7 Å². The highest BCUT2D eigenvalue weighted by Gasteiger charge is 2.14. The van der Waals surface area contributed by atoms with Crippen molar-refractivity contribution in [3.05, 3.63) is 28.5 Å². The van der Waals surface area contributed by atoms with Gasteiger partial charge in [0.25, 0.3) is 0 Å². The van der Waals surface area contributed by atoms with Crippen molar-refractivity contribution in [2.75, 3.05) is 11.9 Å². The van der Waals surface area contributed by atoms with Crippen LogP contribution in [0.4, 0.5) is 10.1 Å². The number of rotatable bonds is 6. The summed E-state index contributed by atoms with van der Waals surface area (Å²) in [5, 5.41) is 2.76. The predicted molar refractivity (Wildman–Crippen MR) is 79.3 cm³/mol. The summed E-state index contributed by atoms with van der Waals surface area (Å²) in [6, 6.07) is 4.40. The number of benzene rings is 1. The molecule has 106 valence electrons. The fourth-order valence-corrected chi connectivity index (χ4v) is 2.36. The maximum absolute atomic E-state index is 13.1. The Balaban J connectivity index is 2.56. The van der Waals surface area contributed by atoms with Gasteiger partial charge in [-0.1, -0.05) is 13.8 Å². The molecule has 0 aliphatic carbocycles. The summed E-state index contributed by atoms with van der Waals surface area (Å²) in [5.41, 5.74) is 6.25. The summed E-state index contributed by atoms with van der Waals surface area (Å²) >= 11 is 3.09. The summed E-state index contributed by atoms with van der Waals surface area (Å²) in [5.74, 6) is 0.262. The molecule has 0 aliphatic rings. The molecule has 0 bridgehead atoms. The Morgan fingerprint density at radius 1 is 1.47 bits per heavy atom. The largest absolute Gasteiger partial charge is 0.330 e. The first-order valence-corrected chi connectivity index (χ1v) is 7.16. The molecule has 0 saturated heterocycles. The first-order valence-electron chi connectivity index (χ1n) is 6.37. The van der Waals surface area contributed by atoms with E-state index in [1.807, 2.05) is 0 Å². The highest BCUT2D eigenvalue weighted by molar-refractivity contribution is 9.10. The van der Waals surface area contributed by atoms with Crippen LogP contribution in [0.25, 0.3) is 0 Å². The van der Waals surface area contributed by atoms with E-state index in [4.69, 9.17) is 5.73 Å². The number of carbonyl (C=O) groups is 1. The maximum Gasteiger partial charge on any atom is 0.224 e. The Morgan fingerprint density at radius 2 is 2.16 bits per heavy atom. The van der Waals surface area contributed by atoms with E-state index in [0.717, 1.165) is 6.42 Å². The lowest BCUT2D eigenvalue weighted by molar-refractivity contribution is -0.117. The lowest BCUT2D eigenvalue weighted by Gasteiger charge is -2.16. The van der Waals surface area contributed by atoms with Crippen LogP contribution in [-0.2, 0) is 4.79 Å². The molecule has 1 amide bonds. The van der Waals surface area contributed by atoms with Crippen LogP contribution < -0.4 is 11.1 Å². The van der Waals surface area contributed by atoms with Crippen molar-refractivity contribution in [2.24, 2.45) is 17.6 Å². The minimum atomic E-state index is -0.349. The third kappa shape index (κ3) is 5.70. The molecule has 19 heavy (non-hydrogen) atoms. The number of anilines is 1. The van der Waals surface area contributed by atoms with Crippen LogP contribution in [0.2, 0.25) is 0 Å². The van der Waals surface area contributed by atoms with Crippen molar-refractivity contribution >= 4 is 27.5 Å². The molecule has 3 N–H and O–H groups in total. The Hall–Kier alpha value is -0.940. The first-order chi connectivity index (χ1) is 8.92. The van der Waals surface area contributed by atoms with E-state index in [1.54, 1.807) is 6.07 Å². The fourth-order valence-electron chi connectivity index (χ4n) is 1.98. The number of amides is 1. The highest BCUT2D eigenvalue weighted by Crippen LogP contribution is 2.21. The standard InChI is InChI=1S/C14H20BrFN2O/c1-9(2)5-10(8-17)6-14(19)18-11-3-4-13(16)12(15)7-11/h3-4,7,9-10H,5-6,8,17H2,1-2H3,(H,18,19)/t10-/m0/s1. The second-order valence-corrected chi connectivity index (χ2v) is 5.97. The number of halogens is 2. The van der Waals surface area contributed by atoms with Crippen molar-refractivity contribution in [2.45, 2.75) is 26.7 Å². The van der Waals surface area contributed by atoms with Crippen molar-refractivity contribution in [1.82, 2.24) is 0 Å². The van der Waals surface area contributed by atoms with Gasteiger partial charge in [0.15, 0.2) is 0 Å². The molecule has 3 nitrogen and oxygen atoms in total. The molecule has 0 radical (unpaired) electrons. The molecule has 1 atom stereocenters. The van der Waals surface area contributed by atoms with Crippen LogP contribution in [0, 0.1) is 17.7 Å². The summed E-state index contributed by atoms with van der Waals surface area (Å²) in [6.07, 6.45) is 1.32. The molecular weight excluding hydrogens is 311 g/mol. The Morgan fingerprint density at radius 3 is 2.68 bits per heavy atom. The fraction of sp³-hybridized carbons (Fsp3) is 0.500. The summed E-state index contributed by atoms with van der Waals surface area (Å²) in [6.45, 7) is 4.72. The van der Waals surface area contributed by atoms with Crippen LogP contribution in [0.3, 0.4) is 0 Å². The lowest BCUT2D eigenvalue weighted by atomic mass is 9.94. The third-order valence-corrected chi connectivity index (χ3v) is 3.42. The zero-order valence-electron chi connectivity index (χ0n) is 11.2. The van der Waals surface area contributed by atoms with Crippen LogP contribution >= 0.6 is 15.9 Å². The normalized spacial score (nSPS) is 12.5. The predicted octanol–water partition coefficient (Wildman–Crippen LogP) is 3.54. The van der Waals surface area contributed by atoms with Crippen molar-refractivity contribution in [3.63, 3.8) is 0 Å². The number of nitrogens with two attached hydrogens (primary N) is 1. The third-order valence-electron chi connectivity index (χ3n) is 2.82. The lowest BCUT2D eigenvalue weighted by Crippen LogP contribution is -2.23. The molecule has 1 rings (SSSR count). The minimum absolute atomic E-state index is 0.0883. The molecule has 0 spiro atoms. The van der Waals surface area contributed by atoms with Gasteiger partial charge in [-0.3, -0.25) is 4.79 Å². The molecule has 1 aromatic carbocycles. The van der Waals surface area contributed by atoms with Gasteiger partial charge in [-0.05, 0) is 58.9 Å². The number of nitrogens with one attached hydrogen (secondary N) is 1. The monoisotopic (exact) mass is 330 g/mol. The summed E-state index contributed by atoms with van der Waals surface area (Å²) in [7, 11) is 0. The molecule has 0 heterocycles. The van der Waals surface area contributed by atoms with Gasteiger partial charge in [-0.2, -0.15) is 0 Å². The van der Waals surface area contributed by atoms with Gasteiger partial charge in [-0.15, -0.1) is 0 Å². The maximum atomic E-state index is 13.1.